The molecule has 0 aromatic heterocycles. The van der Waals surface area contributed by atoms with Crippen molar-refractivity contribution >= 4 is 0 Å². The molecule has 0 amide bonds. The van der Waals surface area contributed by atoms with Gasteiger partial charge in [-0.05, 0) is 51.2 Å². The molecule has 106 valence electrons. The van der Waals surface area contributed by atoms with Crippen molar-refractivity contribution in [1.29, 1.82) is 0 Å². The summed E-state index contributed by atoms with van der Waals surface area (Å²) in [4.78, 5) is 2.60. The topological polar surface area (TPSA) is 24.5 Å². The zero-order chi connectivity index (χ0) is 12.8. The Labute approximate surface area is 112 Å². The monoisotopic (exact) mass is 254 g/mol. The van der Waals surface area contributed by atoms with Gasteiger partial charge in [-0.1, -0.05) is 20.3 Å². The zero-order valence-corrected chi connectivity index (χ0v) is 12.2. The molecular formula is C15H30N2O. The van der Waals surface area contributed by atoms with Gasteiger partial charge in [0.1, 0.15) is 0 Å². The molecule has 0 bridgehead atoms. The smallest absolute Gasteiger partial charge is 0.0707 e. The van der Waals surface area contributed by atoms with Crippen LogP contribution in [-0.4, -0.2) is 49.8 Å². The molecule has 2 rings (SSSR count). The van der Waals surface area contributed by atoms with E-state index >= 15 is 0 Å². The van der Waals surface area contributed by atoms with Crippen LogP contribution in [-0.2, 0) is 4.74 Å². The molecule has 3 nitrogen and oxygen atoms in total. The van der Waals surface area contributed by atoms with E-state index in [0.717, 1.165) is 19.0 Å². The average Bonchev–Trinajstić information content (AvgIpc) is 2.78. The highest BCUT2D eigenvalue weighted by atomic mass is 16.5. The minimum Gasteiger partial charge on any atom is -0.372 e. The summed E-state index contributed by atoms with van der Waals surface area (Å²) in [6.07, 6.45) is 7.63. The Bertz CT molecular complexity index is 227. The van der Waals surface area contributed by atoms with Gasteiger partial charge >= 0.3 is 0 Å². The van der Waals surface area contributed by atoms with E-state index in [4.69, 9.17) is 4.74 Å². The summed E-state index contributed by atoms with van der Waals surface area (Å²) in [7, 11) is 0. The summed E-state index contributed by atoms with van der Waals surface area (Å²) in [6, 6.07) is 0. The maximum atomic E-state index is 6.14. The second kappa shape index (κ2) is 7.46. The molecule has 2 saturated heterocycles. The van der Waals surface area contributed by atoms with Crippen LogP contribution in [0.4, 0.5) is 0 Å². The Morgan fingerprint density at radius 1 is 1.11 bits per heavy atom. The van der Waals surface area contributed by atoms with Crippen LogP contribution in [0.5, 0.6) is 0 Å². The van der Waals surface area contributed by atoms with Crippen LogP contribution in [0.3, 0.4) is 0 Å². The molecule has 2 fully saturated rings. The molecule has 18 heavy (non-hydrogen) atoms. The molecule has 0 aromatic carbocycles. The SMILES string of the molecule is CC(C)CNCC1CCC(CN2CCCCC2)O1. The Morgan fingerprint density at radius 3 is 2.56 bits per heavy atom. The number of nitrogens with one attached hydrogen (secondary N) is 1. The Kier molecular flexibility index (Phi) is 5.93. The number of likely N-dealkylation sites (tertiary alicyclic amines) is 1. The Hall–Kier alpha value is -0.120. The molecule has 0 radical (unpaired) electrons. The molecule has 0 saturated carbocycles. The standard InChI is InChI=1S/C15H30N2O/c1-13(2)10-16-11-14-6-7-15(18-14)12-17-8-4-3-5-9-17/h13-16H,3-12H2,1-2H3. The van der Waals surface area contributed by atoms with Gasteiger partial charge in [0.2, 0.25) is 0 Å². The van der Waals surface area contributed by atoms with Gasteiger partial charge in [0, 0.05) is 13.1 Å². The lowest BCUT2D eigenvalue weighted by Crippen LogP contribution is -2.37. The minimum absolute atomic E-state index is 0.457. The molecule has 0 spiro atoms. The van der Waals surface area contributed by atoms with Crippen LogP contribution < -0.4 is 5.32 Å². The van der Waals surface area contributed by atoms with Crippen LogP contribution in [0.15, 0.2) is 0 Å². The normalized spacial score (nSPS) is 30.2. The van der Waals surface area contributed by atoms with E-state index in [-0.39, 0.29) is 0 Å². The van der Waals surface area contributed by atoms with Crippen LogP contribution in [0.1, 0.15) is 46.0 Å². The van der Waals surface area contributed by atoms with Crippen molar-refractivity contribution in [3.8, 4) is 0 Å². The number of ether oxygens (including phenoxy) is 1. The fourth-order valence-corrected chi connectivity index (χ4v) is 3.03. The predicted molar refractivity (Wildman–Crippen MR) is 75.9 cm³/mol. The number of nitrogens with zero attached hydrogens (tertiary/aromatic N) is 1. The third-order valence-electron chi connectivity index (χ3n) is 4.03. The van der Waals surface area contributed by atoms with Crippen molar-refractivity contribution in [3.63, 3.8) is 0 Å². The van der Waals surface area contributed by atoms with Crippen molar-refractivity contribution in [2.45, 2.75) is 58.2 Å². The lowest BCUT2D eigenvalue weighted by Gasteiger charge is -2.28. The van der Waals surface area contributed by atoms with Gasteiger partial charge in [-0.2, -0.15) is 0 Å². The molecule has 1 N–H and O–H groups in total. The summed E-state index contributed by atoms with van der Waals surface area (Å²) in [6.45, 7) is 10.4. The van der Waals surface area contributed by atoms with E-state index < -0.39 is 0 Å². The number of piperidine rings is 1. The maximum Gasteiger partial charge on any atom is 0.0707 e. The quantitative estimate of drug-likeness (QED) is 0.787. The number of hydrogen-bond acceptors (Lipinski definition) is 3. The van der Waals surface area contributed by atoms with Crippen molar-refractivity contribution in [1.82, 2.24) is 10.2 Å². The van der Waals surface area contributed by atoms with Crippen LogP contribution in [0.2, 0.25) is 0 Å². The van der Waals surface area contributed by atoms with Crippen molar-refractivity contribution < 1.29 is 4.74 Å². The van der Waals surface area contributed by atoms with Crippen molar-refractivity contribution in [2.24, 2.45) is 5.92 Å². The molecule has 2 aliphatic rings. The third kappa shape index (κ3) is 4.87. The second-order valence-electron chi connectivity index (χ2n) is 6.37. The third-order valence-corrected chi connectivity index (χ3v) is 4.03. The molecule has 0 aliphatic carbocycles. The van der Waals surface area contributed by atoms with Gasteiger partial charge < -0.3 is 15.0 Å². The zero-order valence-electron chi connectivity index (χ0n) is 12.2. The molecule has 2 heterocycles. The van der Waals surface area contributed by atoms with E-state index in [1.165, 1.54) is 51.7 Å². The minimum atomic E-state index is 0.457. The van der Waals surface area contributed by atoms with Gasteiger partial charge in [0.15, 0.2) is 0 Å². The first-order chi connectivity index (χ1) is 8.74. The lowest BCUT2D eigenvalue weighted by atomic mass is 10.1. The van der Waals surface area contributed by atoms with Gasteiger partial charge in [-0.15, -0.1) is 0 Å². The van der Waals surface area contributed by atoms with E-state index in [2.05, 4.69) is 24.1 Å². The van der Waals surface area contributed by atoms with E-state index in [9.17, 15) is 0 Å². The highest BCUT2D eigenvalue weighted by Gasteiger charge is 2.26. The average molecular weight is 254 g/mol. The first-order valence-electron chi connectivity index (χ1n) is 7.82. The summed E-state index contributed by atoms with van der Waals surface area (Å²) >= 11 is 0. The lowest BCUT2D eigenvalue weighted by molar-refractivity contribution is 0.0198. The maximum absolute atomic E-state index is 6.14. The number of rotatable bonds is 6. The molecule has 2 atom stereocenters. The second-order valence-corrected chi connectivity index (χ2v) is 6.37. The summed E-state index contributed by atoms with van der Waals surface area (Å²) in [5, 5.41) is 3.51. The molecule has 0 aromatic rings. The number of hydrogen-bond donors (Lipinski definition) is 1. The van der Waals surface area contributed by atoms with Crippen molar-refractivity contribution in [3.05, 3.63) is 0 Å². The van der Waals surface area contributed by atoms with Gasteiger partial charge in [0.05, 0.1) is 12.2 Å². The summed E-state index contributed by atoms with van der Waals surface area (Å²) in [5.41, 5.74) is 0. The molecule has 2 unspecified atom stereocenters. The summed E-state index contributed by atoms with van der Waals surface area (Å²) in [5.74, 6) is 0.732. The van der Waals surface area contributed by atoms with Crippen LogP contribution in [0, 0.1) is 5.92 Å². The highest BCUT2D eigenvalue weighted by molar-refractivity contribution is 4.79. The Balaban J connectivity index is 1.59. The highest BCUT2D eigenvalue weighted by Crippen LogP contribution is 2.21. The van der Waals surface area contributed by atoms with Crippen LogP contribution >= 0.6 is 0 Å². The van der Waals surface area contributed by atoms with Gasteiger partial charge in [-0.25, -0.2) is 0 Å². The predicted octanol–water partition coefficient (Wildman–Crippen LogP) is 2.27. The summed E-state index contributed by atoms with van der Waals surface area (Å²) < 4.78 is 6.14. The fraction of sp³-hybridized carbons (Fsp3) is 1.00. The Morgan fingerprint density at radius 2 is 1.83 bits per heavy atom. The van der Waals surface area contributed by atoms with Crippen LogP contribution in [0.25, 0.3) is 0 Å². The molecule has 3 heteroatoms. The fourth-order valence-electron chi connectivity index (χ4n) is 3.03. The van der Waals surface area contributed by atoms with Gasteiger partial charge in [-0.3, -0.25) is 0 Å². The van der Waals surface area contributed by atoms with Crippen molar-refractivity contribution in [2.75, 3.05) is 32.7 Å². The molecule has 2 aliphatic heterocycles. The first kappa shape index (κ1) is 14.3. The molecular weight excluding hydrogens is 224 g/mol. The van der Waals surface area contributed by atoms with E-state index in [1.807, 2.05) is 0 Å². The van der Waals surface area contributed by atoms with E-state index in [0.29, 0.717) is 12.2 Å². The van der Waals surface area contributed by atoms with E-state index in [1.54, 1.807) is 0 Å². The first-order valence-corrected chi connectivity index (χ1v) is 7.82. The largest absolute Gasteiger partial charge is 0.372 e. The van der Waals surface area contributed by atoms with Gasteiger partial charge in [0.25, 0.3) is 0 Å².